The molecule has 19 N–H and O–H groups in total. The highest BCUT2D eigenvalue weighted by atomic mass is 32.9. The lowest BCUT2D eigenvalue weighted by atomic mass is 10.1. The Hall–Kier alpha value is -7.06. The summed E-state index contributed by atoms with van der Waals surface area (Å²) in [7, 11) is 0. The minimum atomic E-state index is -4.25. The number of thiol groups is 2. The SMILES string of the molecule is Nc1nc2c(ncn2[C@@H]2O[C@@H]3COP(O)(=S)O[C@H]4[C@H](F)[C@H](n5ccc6c(N)ccnc65)O[C@@H]4COP(=O)(S)O[C@@H]2C3)c(=O)[nH]1.Nc1nc2c(ncn2[C@@H]2O[C@@H]3COP(O)(=S)O[C@H]4[C@H](F)[C@H](n5ccc6c(N)ccnc65)O[C@@H]4COP(=S)(S)O[C@@H]2[C@H]3F)c(=O)[nH]1.Nc1nc2c(ncn2[C@@H]2O[C@@H]3COP(O)(=S)O[C@H]4[C@H](F)[C@H](n5ccc6c(N)ccnc65)O[C@@H]4COP(O)(=S)O[C@@H]2C3)c(=O)[nH]1. The van der Waals surface area contributed by atoms with E-state index in [1.54, 1.807) is 55.0 Å². The molecule has 0 saturated carbocycles. The van der Waals surface area contributed by atoms with Crippen LogP contribution in [0.5, 0.6) is 0 Å². The van der Waals surface area contributed by atoms with Crippen molar-refractivity contribution in [3.8, 4) is 0 Å². The van der Waals surface area contributed by atoms with E-state index in [9.17, 15) is 38.5 Å². The molecule has 0 spiro atoms. The average Bonchev–Trinajstić information content (AvgIpc) is 1.62. The molecule has 28 atom stereocenters. The number of aromatic nitrogens is 18. The number of fused-ring (bicyclic) bond motifs is 15. The van der Waals surface area contributed by atoms with Crippen molar-refractivity contribution in [1.29, 1.82) is 0 Å². The minimum absolute atomic E-state index is 0.0114. The van der Waals surface area contributed by atoms with Gasteiger partial charge < -0.3 is 128 Å². The second-order valence-corrected chi connectivity index (χ2v) is 50.1. The Morgan fingerprint density at radius 2 is 0.699 bits per heavy atom. The molecule has 67 heteroatoms. The molecule has 0 aliphatic carbocycles. The van der Waals surface area contributed by atoms with E-state index >= 15 is 17.6 Å². The first kappa shape index (κ1) is 94.9. The maximum Gasteiger partial charge on any atom is 0.386 e. The number of pyridine rings is 3. The van der Waals surface area contributed by atoms with Gasteiger partial charge in [-0.2, -0.15) is 15.0 Å². The molecular weight excluding hydrogens is 2030 g/mol. The number of nitrogens with two attached hydrogens (primary N) is 6. The summed E-state index contributed by atoms with van der Waals surface area (Å²) in [4.78, 5) is 125. The molecular formula is C66H74F4N24O26P6S7. The third-order valence-corrected chi connectivity index (χ3v) is 32.4. The van der Waals surface area contributed by atoms with Crippen molar-refractivity contribution in [2.45, 2.75) is 148 Å². The van der Waals surface area contributed by atoms with Gasteiger partial charge in [-0.3, -0.25) is 65.7 Å². The summed E-state index contributed by atoms with van der Waals surface area (Å²) in [6.07, 6.45) is -16.6. The van der Waals surface area contributed by atoms with Crippen molar-refractivity contribution in [3.05, 3.63) is 124 Å². The number of halogens is 4. The van der Waals surface area contributed by atoms with E-state index < -0.39 is 218 Å². The zero-order chi connectivity index (χ0) is 93.8. The Labute approximate surface area is 776 Å². The van der Waals surface area contributed by atoms with E-state index in [2.05, 4.69) is 84.3 Å². The van der Waals surface area contributed by atoms with E-state index in [0.717, 1.165) is 0 Å². The number of anilines is 6. The Morgan fingerprint density at radius 3 is 1.09 bits per heavy atom. The number of aromatic amines is 3. The third-order valence-electron chi connectivity index (χ3n) is 22.3. The molecule has 12 aromatic rings. The molecule has 9 aliphatic heterocycles. The summed E-state index contributed by atoms with van der Waals surface area (Å²) in [5.74, 6) is -0.531. The van der Waals surface area contributed by atoms with Gasteiger partial charge in [0.25, 0.3) is 16.7 Å². The average molecular weight is 2110 g/mol. The molecule has 12 aromatic heterocycles. The number of nitrogens with zero attached hydrogens (tertiary/aromatic N) is 15. The summed E-state index contributed by atoms with van der Waals surface area (Å²) < 4.78 is 190. The fourth-order valence-corrected chi connectivity index (χ4v) is 25.6. The van der Waals surface area contributed by atoms with Crippen LogP contribution in [0.15, 0.2) is 107 Å². The second kappa shape index (κ2) is 36.6. The van der Waals surface area contributed by atoms with E-state index in [1.165, 1.54) is 65.0 Å². The van der Waals surface area contributed by atoms with Crippen LogP contribution in [0.2, 0.25) is 0 Å². The van der Waals surface area contributed by atoms with E-state index in [1.807, 2.05) is 0 Å². The fourth-order valence-electron chi connectivity index (χ4n) is 16.4. The van der Waals surface area contributed by atoms with Crippen molar-refractivity contribution in [3.63, 3.8) is 0 Å². The summed E-state index contributed by atoms with van der Waals surface area (Å²) >= 11 is 34.9. The largest absolute Gasteiger partial charge is 0.398 e. The van der Waals surface area contributed by atoms with Crippen LogP contribution in [-0.2, 0) is 146 Å². The van der Waals surface area contributed by atoms with Crippen LogP contribution in [0.25, 0.3) is 66.6 Å². The van der Waals surface area contributed by atoms with E-state index in [4.69, 9.17) is 176 Å². The van der Waals surface area contributed by atoms with Gasteiger partial charge in [-0.1, -0.05) is 24.5 Å². The highest BCUT2D eigenvalue weighted by Gasteiger charge is 2.57. The third kappa shape index (κ3) is 19.0. The first-order chi connectivity index (χ1) is 63.1. The zero-order valence-corrected chi connectivity index (χ0v) is 78.3. The number of nitrogen functional groups attached to an aromatic ring is 6. The van der Waals surface area contributed by atoms with Gasteiger partial charge in [0.15, 0.2) is 95.5 Å². The molecule has 0 aromatic carbocycles. The van der Waals surface area contributed by atoms with Crippen LogP contribution < -0.4 is 51.1 Å². The molecule has 50 nitrogen and oxygen atoms in total. The van der Waals surface area contributed by atoms with Gasteiger partial charge in [-0.15, -0.1) is 0 Å². The van der Waals surface area contributed by atoms with Gasteiger partial charge in [0.1, 0.15) is 78.0 Å². The number of alkyl halides is 4. The Morgan fingerprint density at radius 1 is 0.368 bits per heavy atom. The molecule has 9 aliphatic rings. The number of rotatable bonds is 6. The van der Waals surface area contributed by atoms with Crippen molar-refractivity contribution in [2.75, 3.05) is 74.0 Å². The number of imidazole rings is 3. The van der Waals surface area contributed by atoms with Crippen LogP contribution in [-0.4, -0.2) is 244 Å². The first-order valence-electron chi connectivity index (χ1n) is 39.3. The first-order valence-corrected chi connectivity index (χ1v) is 56.2. The summed E-state index contributed by atoms with van der Waals surface area (Å²) in [6.45, 7) is -23.4. The maximum atomic E-state index is 16.1. The van der Waals surface area contributed by atoms with Crippen molar-refractivity contribution in [1.82, 2.24) is 87.2 Å². The topological polar surface area (TPSA) is 664 Å². The van der Waals surface area contributed by atoms with Crippen LogP contribution in [0, 0.1) is 0 Å². The number of hydrogen-bond donors (Lipinski definition) is 15. The molecule has 21 heterocycles. The van der Waals surface area contributed by atoms with Crippen LogP contribution in [0.3, 0.4) is 0 Å². The monoisotopic (exact) mass is 2100 g/mol. The van der Waals surface area contributed by atoms with Gasteiger partial charge in [0.2, 0.25) is 23.5 Å². The predicted molar refractivity (Wildman–Crippen MR) is 483 cm³/mol. The highest BCUT2D eigenvalue weighted by molar-refractivity contribution is 8.60. The smallest absolute Gasteiger partial charge is 0.386 e. The van der Waals surface area contributed by atoms with E-state index in [-0.39, 0.29) is 77.4 Å². The Kier molecular flexibility index (Phi) is 26.1. The number of hydrogen-bond acceptors (Lipinski definition) is 42. The van der Waals surface area contributed by atoms with Gasteiger partial charge in [0, 0.05) is 83.2 Å². The lowest BCUT2D eigenvalue weighted by Crippen LogP contribution is -2.34. The molecule has 133 heavy (non-hydrogen) atoms. The van der Waals surface area contributed by atoms with Crippen molar-refractivity contribution in [2.24, 2.45) is 0 Å². The molecule has 0 radical (unpaired) electrons. The van der Waals surface area contributed by atoms with Crippen molar-refractivity contribution >= 4 is 224 Å². The molecule has 6 bridgehead atoms. The van der Waals surface area contributed by atoms with Gasteiger partial charge >= 0.3 is 33.7 Å². The Bertz CT molecular complexity index is 6790. The molecule has 21 rings (SSSR count). The lowest BCUT2D eigenvalue weighted by molar-refractivity contribution is -0.0596. The minimum Gasteiger partial charge on any atom is -0.398 e. The van der Waals surface area contributed by atoms with Gasteiger partial charge in [0.05, 0.1) is 70.8 Å². The van der Waals surface area contributed by atoms with Crippen LogP contribution >= 0.6 is 63.9 Å². The Balaban J connectivity index is 0.000000129. The van der Waals surface area contributed by atoms with Gasteiger partial charge in [-0.05, 0) is 95.4 Å². The van der Waals surface area contributed by atoms with Crippen LogP contribution in [0.4, 0.5) is 52.5 Å². The van der Waals surface area contributed by atoms with Crippen LogP contribution in [0.1, 0.15) is 50.2 Å². The van der Waals surface area contributed by atoms with Gasteiger partial charge in [-0.25, -0.2) is 52.0 Å². The van der Waals surface area contributed by atoms with E-state index in [0.29, 0.717) is 50.2 Å². The normalized spacial score (nSPS) is 36.9. The predicted octanol–water partition coefficient (Wildman–Crippen LogP) is 5.03. The zero-order valence-electron chi connectivity index (χ0n) is 67.1. The molecule has 6 unspecified atom stereocenters. The highest BCUT2D eigenvalue weighted by Crippen LogP contribution is 2.62. The number of nitrogens with one attached hydrogen (secondary N) is 3. The lowest BCUT2D eigenvalue weighted by Gasteiger charge is -2.28. The standard InChI is InChI=1S/C22H24F2N8O8P2S3.2C22H25FN8O9P2S2/c23-12-10-5-35-41(34,43)39-15-11(38-20(13(15)24)31-4-2-8-9(25)1-3-27-17(8)31)6-36-42(44,45)40-16(12)21(37-10)32-7-28-14-18(32)29-22(26)30-19(14)33;2*23-14-16-13(38-21(14)30-4-2-10-11(24)1-3-26-17(10)30)7-36-41(33,43)39-12-5-9(6-35-42(34,44)40-16)37-20(12)31-8-27-15-18(31)28-22(25)29-19(15)32/h1-4,7,10-13,15-16,20-21H,5-6H2,(H2,25,27)(H,34,43)(H,44,45)(H3,26,29,30,33);2*1-4,8-9,12-14,16,20-21H,5-7H2,(H2,24,26)(H,33,43)(H,34,44)(H3,25,28,29,32)/t10-,11-,12+,13+,15-,16-,20-,21-,41?;2*9-,12+,13+,14-,16+,20+,21+,41?,42?/m100/s1. The molecule has 9 saturated heterocycles. The number of ether oxygens (including phenoxy) is 6. The molecule has 0 amide bonds. The summed E-state index contributed by atoms with van der Waals surface area (Å²) in [5, 5.41) is 1.72. The quantitative estimate of drug-likeness (QED) is 0.0589. The molecule has 9 fully saturated rings. The summed E-state index contributed by atoms with van der Waals surface area (Å²) in [6, 6.07) is 9.79. The second-order valence-electron chi connectivity index (χ2n) is 30.9. The molecule has 714 valence electrons. The summed E-state index contributed by atoms with van der Waals surface area (Å²) in [5.41, 5.74) is 32.2. The number of H-pyrrole nitrogens is 3. The van der Waals surface area contributed by atoms with Crippen molar-refractivity contribution < 1.29 is 124 Å². The maximum absolute atomic E-state index is 16.1. The fraction of sp³-hybridized carbons (Fsp3) is 0.455.